The number of nitrogens with two attached hydrogens (primary N) is 2. The van der Waals surface area contributed by atoms with E-state index < -0.39 is 10.0 Å². The topological polar surface area (TPSA) is 70.5 Å². The number of hydrogen-bond donors (Lipinski definition) is 2. The van der Waals surface area contributed by atoms with Crippen LogP contribution >= 0.6 is 0 Å². The number of hydrogen-bond acceptors (Lipinski definition) is 4. The van der Waals surface area contributed by atoms with Crippen molar-refractivity contribution in [1.29, 1.82) is 0 Å². The highest BCUT2D eigenvalue weighted by Gasteiger charge is 1.99. The fraction of sp³-hybridized carbons (Fsp3) is 0.333. The predicted octanol–water partition coefficient (Wildman–Crippen LogP) is 0.0102. The van der Waals surface area contributed by atoms with E-state index in [4.69, 9.17) is 20.3 Å². The standard InChI is InChI=1S/C9H16N2O2Si/c1-7(6-10)12-14-13-9-4-2-8(11)3-5-9/h2-5,7H,6,10-11,14H2,1H3. The van der Waals surface area contributed by atoms with Crippen molar-refractivity contribution in [3.05, 3.63) is 24.3 Å². The maximum Gasteiger partial charge on any atom is 0.366 e. The largest absolute Gasteiger partial charge is 0.525 e. The molecule has 0 aliphatic carbocycles. The Balaban J connectivity index is 2.28. The zero-order valence-electron chi connectivity index (χ0n) is 8.27. The smallest absolute Gasteiger partial charge is 0.366 e. The Hall–Kier alpha value is -1.04. The Bertz CT molecular complexity index is 266. The molecule has 1 aromatic carbocycles. The molecule has 0 amide bonds. The zero-order chi connectivity index (χ0) is 10.4. The molecule has 1 aromatic rings. The van der Waals surface area contributed by atoms with Crippen LogP contribution in [0.2, 0.25) is 0 Å². The molecule has 0 aliphatic heterocycles. The maximum absolute atomic E-state index is 5.53. The fourth-order valence-corrected chi connectivity index (χ4v) is 1.62. The van der Waals surface area contributed by atoms with E-state index in [1.54, 1.807) is 12.1 Å². The summed E-state index contributed by atoms with van der Waals surface area (Å²) < 4.78 is 10.8. The molecule has 14 heavy (non-hydrogen) atoms. The highest BCUT2D eigenvalue weighted by molar-refractivity contribution is 6.19. The van der Waals surface area contributed by atoms with Crippen molar-refractivity contribution in [2.75, 3.05) is 12.3 Å². The van der Waals surface area contributed by atoms with Crippen LogP contribution in [0.25, 0.3) is 0 Å². The van der Waals surface area contributed by atoms with E-state index in [1.807, 2.05) is 19.1 Å². The van der Waals surface area contributed by atoms with Gasteiger partial charge in [-0.2, -0.15) is 0 Å². The molecule has 0 bridgehead atoms. The molecular weight excluding hydrogens is 196 g/mol. The van der Waals surface area contributed by atoms with Gasteiger partial charge in [-0.15, -0.1) is 0 Å². The van der Waals surface area contributed by atoms with Gasteiger partial charge in [-0.3, -0.25) is 0 Å². The van der Waals surface area contributed by atoms with Crippen molar-refractivity contribution < 1.29 is 8.85 Å². The summed E-state index contributed by atoms with van der Waals surface area (Å²) in [5.41, 5.74) is 11.7. The van der Waals surface area contributed by atoms with E-state index in [0.29, 0.717) is 6.54 Å². The molecule has 0 heterocycles. The maximum atomic E-state index is 5.53. The summed E-state index contributed by atoms with van der Waals surface area (Å²) in [7, 11) is -0.979. The summed E-state index contributed by atoms with van der Waals surface area (Å²) >= 11 is 0. The van der Waals surface area contributed by atoms with Crippen molar-refractivity contribution >= 4 is 15.7 Å². The lowest BCUT2D eigenvalue weighted by Gasteiger charge is -2.11. The van der Waals surface area contributed by atoms with Crippen molar-refractivity contribution in [2.45, 2.75) is 13.0 Å². The quantitative estimate of drug-likeness (QED) is 0.533. The number of nitrogen functional groups attached to an aromatic ring is 1. The monoisotopic (exact) mass is 212 g/mol. The summed E-state index contributed by atoms with van der Waals surface area (Å²) in [6, 6.07) is 7.27. The second-order valence-electron chi connectivity index (χ2n) is 3.04. The second kappa shape index (κ2) is 5.64. The third kappa shape index (κ3) is 3.78. The van der Waals surface area contributed by atoms with Crippen LogP contribution in [0.5, 0.6) is 5.75 Å². The van der Waals surface area contributed by atoms with Crippen LogP contribution in [-0.4, -0.2) is 22.7 Å². The Labute approximate surface area is 86.3 Å². The molecule has 1 rings (SSSR count). The van der Waals surface area contributed by atoms with Crippen LogP contribution in [0.3, 0.4) is 0 Å². The normalized spacial score (nSPS) is 13.3. The van der Waals surface area contributed by atoms with Gasteiger partial charge < -0.3 is 20.3 Å². The average Bonchev–Trinajstić information content (AvgIpc) is 2.21. The highest BCUT2D eigenvalue weighted by atomic mass is 28.3. The van der Waals surface area contributed by atoms with Crippen LogP contribution in [0.4, 0.5) is 5.69 Å². The first-order valence-corrected chi connectivity index (χ1v) is 5.68. The third-order valence-electron chi connectivity index (χ3n) is 1.79. The molecule has 5 heteroatoms. The molecule has 1 unspecified atom stereocenters. The molecule has 1 atom stereocenters. The number of benzene rings is 1. The summed E-state index contributed by atoms with van der Waals surface area (Å²) in [4.78, 5) is 0. The molecule has 0 saturated carbocycles. The number of rotatable bonds is 5. The Morgan fingerprint density at radius 3 is 2.57 bits per heavy atom. The summed E-state index contributed by atoms with van der Waals surface area (Å²) in [5, 5.41) is 0. The van der Waals surface area contributed by atoms with Gasteiger partial charge in [0.1, 0.15) is 5.75 Å². The van der Waals surface area contributed by atoms with Crippen molar-refractivity contribution in [2.24, 2.45) is 5.73 Å². The molecule has 4 nitrogen and oxygen atoms in total. The predicted molar refractivity (Wildman–Crippen MR) is 59.6 cm³/mol. The summed E-state index contributed by atoms with van der Waals surface area (Å²) in [5.74, 6) is 0.801. The number of anilines is 1. The summed E-state index contributed by atoms with van der Waals surface area (Å²) in [6.07, 6.45) is 0.0791. The minimum atomic E-state index is -0.979. The van der Waals surface area contributed by atoms with Gasteiger partial charge in [0.15, 0.2) is 0 Å². The van der Waals surface area contributed by atoms with E-state index in [2.05, 4.69) is 0 Å². The molecule has 0 radical (unpaired) electrons. The van der Waals surface area contributed by atoms with E-state index in [1.165, 1.54) is 0 Å². The molecule has 0 saturated heterocycles. The lowest BCUT2D eigenvalue weighted by Crippen LogP contribution is -2.24. The Kier molecular flexibility index (Phi) is 4.44. The Morgan fingerprint density at radius 2 is 2.00 bits per heavy atom. The van der Waals surface area contributed by atoms with Crippen LogP contribution in [0.1, 0.15) is 6.92 Å². The van der Waals surface area contributed by atoms with Gasteiger partial charge in [0.25, 0.3) is 0 Å². The summed E-state index contributed by atoms with van der Waals surface area (Å²) in [6.45, 7) is 2.46. The van der Waals surface area contributed by atoms with Gasteiger partial charge >= 0.3 is 10.0 Å². The van der Waals surface area contributed by atoms with Crippen molar-refractivity contribution in [1.82, 2.24) is 0 Å². The van der Waals surface area contributed by atoms with E-state index in [9.17, 15) is 0 Å². The van der Waals surface area contributed by atoms with Crippen molar-refractivity contribution in [3.8, 4) is 5.75 Å². The SMILES string of the molecule is CC(CN)O[SiH2]Oc1ccc(N)cc1. The lowest BCUT2D eigenvalue weighted by molar-refractivity contribution is 0.211. The van der Waals surface area contributed by atoms with Gasteiger partial charge in [0.05, 0.1) is 6.10 Å². The molecule has 0 spiro atoms. The fourth-order valence-electron chi connectivity index (χ4n) is 0.850. The van der Waals surface area contributed by atoms with Crippen LogP contribution in [0, 0.1) is 0 Å². The average molecular weight is 212 g/mol. The molecule has 4 N–H and O–H groups in total. The minimum Gasteiger partial charge on any atom is -0.525 e. The van der Waals surface area contributed by atoms with Gasteiger partial charge in [-0.05, 0) is 31.2 Å². The third-order valence-corrected chi connectivity index (χ3v) is 2.95. The first-order chi connectivity index (χ1) is 6.72. The van der Waals surface area contributed by atoms with Crippen LogP contribution in [0.15, 0.2) is 24.3 Å². The van der Waals surface area contributed by atoms with E-state index in [0.717, 1.165) is 11.4 Å². The van der Waals surface area contributed by atoms with E-state index in [-0.39, 0.29) is 6.10 Å². The van der Waals surface area contributed by atoms with Crippen molar-refractivity contribution in [3.63, 3.8) is 0 Å². The first-order valence-electron chi connectivity index (χ1n) is 4.52. The second-order valence-corrected chi connectivity index (χ2v) is 3.90. The molecule has 78 valence electrons. The van der Waals surface area contributed by atoms with E-state index >= 15 is 0 Å². The lowest BCUT2D eigenvalue weighted by atomic mass is 10.3. The highest BCUT2D eigenvalue weighted by Crippen LogP contribution is 2.12. The van der Waals surface area contributed by atoms with Gasteiger partial charge in [-0.1, -0.05) is 0 Å². The first kappa shape index (κ1) is 11.0. The van der Waals surface area contributed by atoms with Crippen LogP contribution < -0.4 is 15.9 Å². The van der Waals surface area contributed by atoms with Gasteiger partial charge in [-0.25, -0.2) is 0 Å². The van der Waals surface area contributed by atoms with Gasteiger partial charge in [0, 0.05) is 12.2 Å². The minimum absolute atomic E-state index is 0.0791. The van der Waals surface area contributed by atoms with Gasteiger partial charge in [0.2, 0.25) is 0 Å². The van der Waals surface area contributed by atoms with Crippen LogP contribution in [-0.2, 0) is 4.43 Å². The zero-order valence-corrected chi connectivity index (χ0v) is 9.69. The Morgan fingerprint density at radius 1 is 1.36 bits per heavy atom. The molecular formula is C9H16N2O2Si. The molecule has 0 fully saturated rings. The molecule has 0 aromatic heterocycles. The molecule has 0 aliphatic rings.